The van der Waals surface area contributed by atoms with Gasteiger partial charge < -0.3 is 10.1 Å². The van der Waals surface area contributed by atoms with Gasteiger partial charge in [0.2, 0.25) is 5.91 Å². The number of esters is 1. The number of allylic oxidation sites excluding steroid dienone is 1. The molecule has 0 spiro atoms. The van der Waals surface area contributed by atoms with E-state index in [-0.39, 0.29) is 23.9 Å². The van der Waals surface area contributed by atoms with Crippen LogP contribution < -0.4 is 5.32 Å². The number of amides is 1. The van der Waals surface area contributed by atoms with Gasteiger partial charge in [0.1, 0.15) is 12.1 Å². The Kier molecular flexibility index (Phi) is 6.60. The average molecular weight is 267 g/mol. The predicted octanol–water partition coefficient (Wildman–Crippen LogP) is 2.58. The van der Waals surface area contributed by atoms with Crippen LogP contribution in [0.4, 0.5) is 0 Å². The minimum atomic E-state index is -0.490. The van der Waals surface area contributed by atoms with Crippen molar-refractivity contribution in [2.75, 3.05) is 0 Å². The summed E-state index contributed by atoms with van der Waals surface area (Å²) < 4.78 is 5.09. The number of cyclic esters (lactones) is 1. The fourth-order valence-electron chi connectivity index (χ4n) is 2.09. The summed E-state index contributed by atoms with van der Waals surface area (Å²) >= 11 is 0. The molecule has 4 heteroatoms. The molecule has 1 aliphatic heterocycles. The molecule has 0 bridgehead atoms. The second-order valence-electron chi connectivity index (χ2n) is 5.22. The van der Waals surface area contributed by atoms with E-state index in [1.54, 1.807) is 0 Å². The van der Waals surface area contributed by atoms with Crippen LogP contribution in [0.25, 0.3) is 0 Å². The molecule has 0 aromatic carbocycles. The summed E-state index contributed by atoms with van der Waals surface area (Å²) in [5, 5.41) is 2.75. The molecule has 0 saturated carbocycles. The molecule has 19 heavy (non-hydrogen) atoms. The Balaban J connectivity index is 2.26. The highest BCUT2D eigenvalue weighted by Crippen LogP contribution is 2.21. The van der Waals surface area contributed by atoms with Crippen molar-refractivity contribution in [2.45, 2.75) is 65.0 Å². The maximum Gasteiger partial charge on any atom is 0.329 e. The number of carbonyl (C=O) groups is 2. The lowest BCUT2D eigenvalue weighted by molar-refractivity contribution is -0.143. The lowest BCUT2D eigenvalue weighted by Gasteiger charge is -2.13. The summed E-state index contributed by atoms with van der Waals surface area (Å²) in [4.78, 5) is 23.2. The number of rotatable bonds is 7. The molecule has 1 aliphatic rings. The zero-order valence-corrected chi connectivity index (χ0v) is 12.1. The van der Waals surface area contributed by atoms with Crippen molar-refractivity contribution >= 4 is 11.9 Å². The van der Waals surface area contributed by atoms with E-state index >= 15 is 0 Å². The third-order valence-electron chi connectivity index (χ3n) is 3.58. The van der Waals surface area contributed by atoms with Crippen LogP contribution in [0.5, 0.6) is 0 Å². The number of ether oxygens (including phenoxy) is 1. The normalized spacial score (nSPS) is 26.7. The number of nitrogens with one attached hydrogen (secondary N) is 1. The zero-order chi connectivity index (χ0) is 14.3. The minimum absolute atomic E-state index is 0.0324. The Morgan fingerprint density at radius 3 is 2.63 bits per heavy atom. The van der Waals surface area contributed by atoms with E-state index < -0.39 is 6.04 Å². The highest BCUT2D eigenvalue weighted by molar-refractivity contribution is 5.86. The van der Waals surface area contributed by atoms with Gasteiger partial charge in [-0.15, -0.1) is 0 Å². The third kappa shape index (κ3) is 5.05. The Hall–Kier alpha value is -1.32. The van der Waals surface area contributed by atoms with E-state index in [9.17, 15) is 9.59 Å². The monoisotopic (exact) mass is 267 g/mol. The van der Waals surface area contributed by atoms with Gasteiger partial charge in [0.15, 0.2) is 0 Å². The Labute approximate surface area is 115 Å². The van der Waals surface area contributed by atoms with Crippen molar-refractivity contribution in [3.63, 3.8) is 0 Å². The van der Waals surface area contributed by atoms with E-state index in [2.05, 4.69) is 12.2 Å². The molecule has 1 heterocycles. The Bertz CT molecular complexity index is 338. The molecule has 3 atom stereocenters. The highest BCUT2D eigenvalue weighted by atomic mass is 16.6. The Morgan fingerprint density at radius 2 is 2.05 bits per heavy atom. The SMILES string of the molecule is CCCCC/C=C/CC(=O)N[C@H]1C(=O)O[C@@H](C)[C@@H]1C. The first-order valence-electron chi connectivity index (χ1n) is 7.21. The van der Waals surface area contributed by atoms with E-state index in [1.165, 1.54) is 12.8 Å². The van der Waals surface area contributed by atoms with Gasteiger partial charge in [0.05, 0.1) is 0 Å². The average Bonchev–Trinajstić information content (AvgIpc) is 2.60. The van der Waals surface area contributed by atoms with Crippen molar-refractivity contribution in [1.82, 2.24) is 5.32 Å². The molecule has 1 N–H and O–H groups in total. The fourth-order valence-corrected chi connectivity index (χ4v) is 2.09. The maximum atomic E-state index is 11.7. The van der Waals surface area contributed by atoms with Crippen molar-refractivity contribution in [3.05, 3.63) is 12.2 Å². The number of hydrogen-bond acceptors (Lipinski definition) is 3. The molecule has 108 valence electrons. The molecule has 1 amide bonds. The van der Waals surface area contributed by atoms with Gasteiger partial charge in [-0.3, -0.25) is 4.79 Å². The van der Waals surface area contributed by atoms with Crippen LogP contribution in [0.15, 0.2) is 12.2 Å². The quantitative estimate of drug-likeness (QED) is 0.438. The molecule has 1 saturated heterocycles. The summed E-state index contributed by atoms with van der Waals surface area (Å²) in [6, 6.07) is -0.490. The van der Waals surface area contributed by atoms with Crippen molar-refractivity contribution in [2.24, 2.45) is 5.92 Å². The highest BCUT2D eigenvalue weighted by Gasteiger charge is 2.39. The van der Waals surface area contributed by atoms with Crippen LogP contribution in [0, 0.1) is 5.92 Å². The van der Waals surface area contributed by atoms with Gasteiger partial charge in [-0.25, -0.2) is 4.79 Å². The minimum Gasteiger partial charge on any atom is -0.461 e. The van der Waals surface area contributed by atoms with E-state index in [4.69, 9.17) is 4.74 Å². The predicted molar refractivity (Wildman–Crippen MR) is 74.5 cm³/mol. The molecule has 0 aliphatic carbocycles. The van der Waals surface area contributed by atoms with Crippen LogP contribution in [-0.2, 0) is 14.3 Å². The Morgan fingerprint density at radius 1 is 1.32 bits per heavy atom. The number of carbonyl (C=O) groups excluding carboxylic acids is 2. The first kappa shape index (κ1) is 15.7. The largest absolute Gasteiger partial charge is 0.461 e. The molecule has 1 fully saturated rings. The van der Waals surface area contributed by atoms with E-state index in [1.807, 2.05) is 26.0 Å². The van der Waals surface area contributed by atoms with Gasteiger partial charge >= 0.3 is 5.97 Å². The summed E-state index contributed by atoms with van der Waals surface area (Å²) in [7, 11) is 0. The topological polar surface area (TPSA) is 55.4 Å². The van der Waals surface area contributed by atoms with Crippen molar-refractivity contribution < 1.29 is 14.3 Å². The molecule has 1 rings (SSSR count). The van der Waals surface area contributed by atoms with Gasteiger partial charge in [-0.05, 0) is 19.8 Å². The molecule has 4 nitrogen and oxygen atoms in total. The van der Waals surface area contributed by atoms with E-state index in [0.29, 0.717) is 6.42 Å². The van der Waals surface area contributed by atoms with Gasteiger partial charge in [0, 0.05) is 12.3 Å². The second-order valence-corrected chi connectivity index (χ2v) is 5.22. The molecular formula is C15H25NO3. The van der Waals surface area contributed by atoms with Gasteiger partial charge in [-0.2, -0.15) is 0 Å². The summed E-state index contributed by atoms with van der Waals surface area (Å²) in [5.41, 5.74) is 0. The first-order valence-corrected chi connectivity index (χ1v) is 7.21. The fraction of sp³-hybridized carbons (Fsp3) is 0.733. The standard InChI is InChI=1S/C15H25NO3/c1-4-5-6-7-8-9-10-13(17)16-14-11(2)12(3)19-15(14)18/h8-9,11-12,14H,4-7,10H2,1-3H3,(H,16,17)/b9-8+/t11-,12-,14+/m0/s1. The van der Waals surface area contributed by atoms with Crippen molar-refractivity contribution in [1.29, 1.82) is 0 Å². The second kappa shape index (κ2) is 7.97. The number of unbranched alkanes of at least 4 members (excludes halogenated alkanes) is 3. The first-order chi connectivity index (χ1) is 9.06. The van der Waals surface area contributed by atoms with E-state index in [0.717, 1.165) is 12.8 Å². The summed E-state index contributed by atoms with van der Waals surface area (Å²) in [6.07, 6.45) is 8.72. The van der Waals surface area contributed by atoms with Crippen LogP contribution in [0.3, 0.4) is 0 Å². The van der Waals surface area contributed by atoms with Gasteiger partial charge in [-0.1, -0.05) is 38.8 Å². The molecule has 0 aromatic heterocycles. The zero-order valence-electron chi connectivity index (χ0n) is 12.1. The van der Waals surface area contributed by atoms with Crippen LogP contribution in [0.2, 0.25) is 0 Å². The summed E-state index contributed by atoms with van der Waals surface area (Å²) in [6.45, 7) is 5.93. The van der Waals surface area contributed by atoms with Crippen LogP contribution >= 0.6 is 0 Å². The van der Waals surface area contributed by atoms with Crippen LogP contribution in [0.1, 0.15) is 52.9 Å². The third-order valence-corrected chi connectivity index (χ3v) is 3.58. The molecule has 0 aromatic rings. The number of hydrogen-bond donors (Lipinski definition) is 1. The lowest BCUT2D eigenvalue weighted by atomic mass is 10.00. The lowest BCUT2D eigenvalue weighted by Crippen LogP contribution is -2.41. The maximum absolute atomic E-state index is 11.7. The van der Waals surface area contributed by atoms with Gasteiger partial charge in [0.25, 0.3) is 0 Å². The molecular weight excluding hydrogens is 242 g/mol. The molecule has 0 radical (unpaired) electrons. The molecule has 0 unspecified atom stereocenters. The smallest absolute Gasteiger partial charge is 0.329 e. The van der Waals surface area contributed by atoms with Crippen molar-refractivity contribution in [3.8, 4) is 0 Å². The summed E-state index contributed by atoms with van der Waals surface area (Å²) in [5.74, 6) is -0.403. The van der Waals surface area contributed by atoms with Crippen LogP contribution in [-0.4, -0.2) is 24.0 Å².